The molecule has 152 valence electrons. The van der Waals surface area contributed by atoms with Crippen molar-refractivity contribution in [2.24, 2.45) is 17.3 Å². The van der Waals surface area contributed by atoms with E-state index in [4.69, 9.17) is 0 Å². The lowest BCUT2D eigenvalue weighted by atomic mass is 9.72. The van der Waals surface area contributed by atoms with E-state index < -0.39 is 17.2 Å². The fourth-order valence-electron chi connectivity index (χ4n) is 3.34. The molecule has 6 nitrogen and oxygen atoms in total. The van der Waals surface area contributed by atoms with Gasteiger partial charge in [-0.25, -0.2) is 0 Å². The van der Waals surface area contributed by atoms with Crippen LogP contribution in [0.2, 0.25) is 0 Å². The zero-order chi connectivity index (χ0) is 21.6. The first-order valence-electron chi connectivity index (χ1n) is 9.53. The number of allylic oxidation sites excluding steroid dienone is 1. The molecule has 0 saturated heterocycles. The van der Waals surface area contributed by atoms with Crippen molar-refractivity contribution in [3.8, 4) is 12.1 Å². The molecule has 1 aromatic rings. The standard InChI is InChI=1S/C22H26N4O2S/c1-14(2)10-18(15-8-6-5-7-9-15)25-19(27)13-29-21-17(12-24)22(3,4)16(11-23)20(28)26-21/h5-9,14,16,18H,10,13H2,1-4H3,(H,25,27)(H,26,28)/t16-,18+/m1/s1. The number of rotatable bonds is 7. The normalized spacial score (nSPS) is 19.1. The number of nitriles is 2. The predicted octanol–water partition coefficient (Wildman–Crippen LogP) is 3.65. The van der Waals surface area contributed by atoms with E-state index >= 15 is 0 Å². The van der Waals surface area contributed by atoms with Gasteiger partial charge in [0.1, 0.15) is 5.92 Å². The smallest absolute Gasteiger partial charge is 0.243 e. The molecular formula is C22H26N4O2S. The molecule has 0 saturated carbocycles. The zero-order valence-electron chi connectivity index (χ0n) is 17.2. The molecule has 2 rings (SSSR count). The highest BCUT2D eigenvalue weighted by atomic mass is 32.2. The quantitative estimate of drug-likeness (QED) is 0.714. The average molecular weight is 411 g/mol. The van der Waals surface area contributed by atoms with Crippen molar-refractivity contribution < 1.29 is 9.59 Å². The SMILES string of the molecule is CC(C)C[C@H](NC(=O)CSC1=C(C#N)C(C)(C)[C@H](C#N)C(=O)N1)c1ccccc1. The molecule has 0 radical (unpaired) electrons. The molecule has 1 aliphatic heterocycles. The molecule has 2 amide bonds. The van der Waals surface area contributed by atoms with Gasteiger partial charge in [0, 0.05) is 5.41 Å². The van der Waals surface area contributed by atoms with Gasteiger partial charge in [0.25, 0.3) is 0 Å². The van der Waals surface area contributed by atoms with Gasteiger partial charge in [-0.2, -0.15) is 10.5 Å². The molecule has 2 N–H and O–H groups in total. The number of nitrogens with one attached hydrogen (secondary N) is 2. The minimum Gasteiger partial charge on any atom is -0.349 e. The maximum atomic E-state index is 12.6. The van der Waals surface area contributed by atoms with Crippen molar-refractivity contribution in [1.29, 1.82) is 10.5 Å². The monoisotopic (exact) mass is 410 g/mol. The predicted molar refractivity (Wildman–Crippen MR) is 113 cm³/mol. The molecule has 0 aromatic heterocycles. The van der Waals surface area contributed by atoms with Crippen LogP contribution in [0, 0.1) is 39.9 Å². The molecule has 29 heavy (non-hydrogen) atoms. The van der Waals surface area contributed by atoms with E-state index in [2.05, 4.69) is 30.6 Å². The van der Waals surface area contributed by atoms with Crippen LogP contribution in [0.25, 0.3) is 0 Å². The Balaban J connectivity index is 2.12. The van der Waals surface area contributed by atoms with Crippen LogP contribution < -0.4 is 10.6 Å². The Labute approximate surface area is 176 Å². The van der Waals surface area contributed by atoms with Crippen LogP contribution in [0.1, 0.15) is 45.7 Å². The number of benzene rings is 1. The highest BCUT2D eigenvalue weighted by Gasteiger charge is 2.44. The molecule has 0 aliphatic carbocycles. The first-order valence-corrected chi connectivity index (χ1v) is 10.5. The average Bonchev–Trinajstić information content (AvgIpc) is 2.65. The third kappa shape index (κ3) is 5.40. The molecular weight excluding hydrogens is 384 g/mol. The summed E-state index contributed by atoms with van der Waals surface area (Å²) >= 11 is 1.12. The van der Waals surface area contributed by atoms with Gasteiger partial charge in [0.2, 0.25) is 11.8 Å². The van der Waals surface area contributed by atoms with Gasteiger partial charge >= 0.3 is 0 Å². The summed E-state index contributed by atoms with van der Waals surface area (Å²) in [5.74, 6) is -1.09. The number of nitrogens with zero attached hydrogens (tertiary/aromatic N) is 2. The molecule has 0 spiro atoms. The van der Waals surface area contributed by atoms with Gasteiger partial charge < -0.3 is 10.6 Å². The highest BCUT2D eigenvalue weighted by molar-refractivity contribution is 8.03. The van der Waals surface area contributed by atoms with Gasteiger partial charge in [0.15, 0.2) is 0 Å². The Hall–Kier alpha value is -2.77. The molecule has 0 bridgehead atoms. The van der Waals surface area contributed by atoms with E-state index in [-0.39, 0.29) is 17.7 Å². The molecule has 7 heteroatoms. The highest BCUT2D eigenvalue weighted by Crippen LogP contribution is 2.41. The second-order valence-corrected chi connectivity index (χ2v) is 9.02. The van der Waals surface area contributed by atoms with Crippen LogP contribution in [0.5, 0.6) is 0 Å². The Morgan fingerprint density at radius 1 is 1.28 bits per heavy atom. The Morgan fingerprint density at radius 3 is 2.48 bits per heavy atom. The number of thioether (sulfide) groups is 1. The molecule has 2 atom stereocenters. The lowest BCUT2D eigenvalue weighted by Crippen LogP contribution is -2.44. The molecule has 1 heterocycles. The van der Waals surface area contributed by atoms with Gasteiger partial charge in [-0.3, -0.25) is 9.59 Å². The van der Waals surface area contributed by atoms with E-state index in [9.17, 15) is 20.1 Å². The minimum atomic E-state index is -0.941. The first-order chi connectivity index (χ1) is 13.7. The molecule has 0 fully saturated rings. The van der Waals surface area contributed by atoms with E-state index in [1.807, 2.05) is 36.4 Å². The lowest BCUT2D eigenvalue weighted by Gasteiger charge is -2.34. The van der Waals surface area contributed by atoms with Crippen LogP contribution >= 0.6 is 11.8 Å². The van der Waals surface area contributed by atoms with Crippen LogP contribution in [-0.2, 0) is 9.59 Å². The van der Waals surface area contributed by atoms with Crippen molar-refractivity contribution in [3.05, 3.63) is 46.5 Å². The van der Waals surface area contributed by atoms with Gasteiger partial charge in [-0.15, -0.1) is 0 Å². The summed E-state index contributed by atoms with van der Waals surface area (Å²) < 4.78 is 0. The maximum absolute atomic E-state index is 12.6. The summed E-state index contributed by atoms with van der Waals surface area (Å²) in [6, 6.07) is 13.8. The summed E-state index contributed by atoms with van der Waals surface area (Å²) in [5.41, 5.74) is 0.457. The summed E-state index contributed by atoms with van der Waals surface area (Å²) in [5, 5.41) is 24.9. The largest absolute Gasteiger partial charge is 0.349 e. The van der Waals surface area contributed by atoms with Crippen molar-refractivity contribution in [3.63, 3.8) is 0 Å². The Bertz CT molecular complexity index is 878. The third-order valence-corrected chi connectivity index (χ3v) is 5.93. The lowest BCUT2D eigenvalue weighted by molar-refractivity contribution is -0.125. The van der Waals surface area contributed by atoms with Crippen molar-refractivity contribution in [1.82, 2.24) is 10.6 Å². The van der Waals surface area contributed by atoms with E-state index in [0.29, 0.717) is 16.5 Å². The molecule has 1 aromatic carbocycles. The number of amides is 2. The molecule has 1 aliphatic rings. The van der Waals surface area contributed by atoms with E-state index in [1.165, 1.54) is 0 Å². The zero-order valence-corrected chi connectivity index (χ0v) is 18.0. The first kappa shape index (κ1) is 22.5. The summed E-state index contributed by atoms with van der Waals surface area (Å²) in [6.07, 6.45) is 0.806. The summed E-state index contributed by atoms with van der Waals surface area (Å²) in [6.45, 7) is 7.61. The van der Waals surface area contributed by atoms with Crippen molar-refractivity contribution in [2.45, 2.75) is 40.2 Å². The van der Waals surface area contributed by atoms with Crippen LogP contribution in [-0.4, -0.2) is 17.6 Å². The number of hydrogen-bond acceptors (Lipinski definition) is 5. The fourth-order valence-corrected chi connectivity index (χ4v) is 4.33. The third-order valence-electron chi connectivity index (χ3n) is 4.92. The maximum Gasteiger partial charge on any atom is 0.243 e. The van der Waals surface area contributed by atoms with E-state index in [1.54, 1.807) is 13.8 Å². The summed E-state index contributed by atoms with van der Waals surface area (Å²) in [7, 11) is 0. The number of carbonyl (C=O) groups excluding carboxylic acids is 2. The number of hydrogen-bond donors (Lipinski definition) is 2. The number of carbonyl (C=O) groups is 2. The topological polar surface area (TPSA) is 106 Å². The van der Waals surface area contributed by atoms with Gasteiger partial charge in [-0.1, -0.05) is 69.8 Å². The summed E-state index contributed by atoms with van der Waals surface area (Å²) in [4.78, 5) is 24.9. The van der Waals surface area contributed by atoms with Gasteiger partial charge in [-0.05, 0) is 17.9 Å². The van der Waals surface area contributed by atoms with Crippen molar-refractivity contribution >= 4 is 23.6 Å². The second kappa shape index (κ2) is 9.62. The second-order valence-electron chi connectivity index (χ2n) is 8.04. The molecule has 0 unspecified atom stereocenters. The van der Waals surface area contributed by atoms with Crippen molar-refractivity contribution in [2.75, 3.05) is 5.75 Å². The Morgan fingerprint density at radius 2 is 1.93 bits per heavy atom. The van der Waals surface area contributed by atoms with Crippen LogP contribution in [0.15, 0.2) is 40.9 Å². The van der Waals surface area contributed by atoms with Gasteiger partial charge in [0.05, 0.1) is 34.5 Å². The van der Waals surface area contributed by atoms with Crippen LogP contribution in [0.3, 0.4) is 0 Å². The fraction of sp³-hybridized carbons (Fsp3) is 0.455. The Kier molecular flexibility index (Phi) is 7.47. The van der Waals surface area contributed by atoms with Crippen LogP contribution in [0.4, 0.5) is 0 Å². The minimum absolute atomic E-state index is 0.0650. The van der Waals surface area contributed by atoms with E-state index in [0.717, 1.165) is 23.7 Å².